The van der Waals surface area contributed by atoms with Crippen LogP contribution in [0.1, 0.15) is 6.92 Å². The largest absolute Gasteiger partial charge is 0.395 e. The summed E-state index contributed by atoms with van der Waals surface area (Å²) in [6, 6.07) is 1.46. The molecule has 1 atom stereocenters. The Labute approximate surface area is 78.0 Å². The van der Waals surface area contributed by atoms with Crippen molar-refractivity contribution in [3.05, 3.63) is 0 Å². The van der Waals surface area contributed by atoms with Crippen molar-refractivity contribution < 1.29 is 9.90 Å². The number of nitriles is 1. The number of carbonyl (C=O) groups excluding carboxylic acids is 1. The van der Waals surface area contributed by atoms with E-state index < -0.39 is 6.04 Å². The molecule has 0 fully saturated rings. The van der Waals surface area contributed by atoms with Crippen LogP contribution in [-0.2, 0) is 4.79 Å². The quantitative estimate of drug-likeness (QED) is 0.572. The molecule has 0 rings (SSSR count). The van der Waals surface area contributed by atoms with E-state index in [0.717, 1.165) is 0 Å². The molecule has 5 nitrogen and oxygen atoms in total. The van der Waals surface area contributed by atoms with Gasteiger partial charge >= 0.3 is 0 Å². The minimum Gasteiger partial charge on any atom is -0.395 e. The molecule has 0 aliphatic rings. The number of hydrogen-bond donors (Lipinski definition) is 2. The summed E-state index contributed by atoms with van der Waals surface area (Å²) >= 11 is 0. The number of carbonyl (C=O) groups is 1. The van der Waals surface area contributed by atoms with Crippen molar-refractivity contribution in [2.45, 2.75) is 13.0 Å². The van der Waals surface area contributed by atoms with E-state index in [0.29, 0.717) is 13.1 Å². The number of rotatable bonds is 5. The summed E-state index contributed by atoms with van der Waals surface area (Å²) in [6.45, 7) is 2.35. The van der Waals surface area contributed by atoms with Crippen molar-refractivity contribution in [2.75, 3.05) is 26.7 Å². The van der Waals surface area contributed by atoms with Crippen LogP contribution in [-0.4, -0.2) is 48.7 Å². The topological polar surface area (TPSA) is 76.4 Å². The van der Waals surface area contributed by atoms with Gasteiger partial charge in [-0.3, -0.25) is 4.79 Å². The maximum absolute atomic E-state index is 10.6. The molecule has 0 heterocycles. The molecule has 0 saturated carbocycles. The van der Waals surface area contributed by atoms with Gasteiger partial charge in [-0.2, -0.15) is 5.26 Å². The summed E-state index contributed by atoms with van der Waals surface area (Å²) in [5.74, 6) is -0.219. The highest BCUT2D eigenvalue weighted by molar-refractivity contribution is 5.73. The molecular formula is C8H15N3O2. The zero-order valence-corrected chi connectivity index (χ0v) is 7.95. The number of amides is 1. The summed E-state index contributed by atoms with van der Waals surface area (Å²) < 4.78 is 0. The summed E-state index contributed by atoms with van der Waals surface area (Å²) in [7, 11) is 1.78. The fraction of sp³-hybridized carbons (Fsp3) is 0.750. The van der Waals surface area contributed by atoms with Crippen molar-refractivity contribution >= 4 is 5.91 Å². The molecule has 0 saturated heterocycles. The van der Waals surface area contributed by atoms with E-state index in [1.54, 1.807) is 11.9 Å². The molecule has 0 aromatic carbocycles. The summed E-state index contributed by atoms with van der Waals surface area (Å²) in [5, 5.41) is 19.7. The SMILES string of the molecule is CC(=O)N[C@@H](C#N)CN(C)CCO. The number of nitrogens with zero attached hydrogens (tertiary/aromatic N) is 2. The lowest BCUT2D eigenvalue weighted by atomic mass is 10.3. The molecule has 1 amide bonds. The Morgan fingerprint density at radius 3 is 2.77 bits per heavy atom. The van der Waals surface area contributed by atoms with Gasteiger partial charge in [0.2, 0.25) is 5.91 Å². The fourth-order valence-corrected chi connectivity index (χ4v) is 0.938. The molecule has 0 unspecified atom stereocenters. The molecule has 0 radical (unpaired) electrons. The van der Waals surface area contributed by atoms with Gasteiger partial charge in [-0.15, -0.1) is 0 Å². The maximum Gasteiger partial charge on any atom is 0.217 e. The van der Waals surface area contributed by atoms with E-state index >= 15 is 0 Å². The van der Waals surface area contributed by atoms with Gasteiger partial charge in [0, 0.05) is 20.0 Å². The molecule has 0 aliphatic carbocycles. The second kappa shape index (κ2) is 6.40. The Balaban J connectivity index is 3.84. The van der Waals surface area contributed by atoms with Gasteiger partial charge in [0.1, 0.15) is 6.04 Å². The van der Waals surface area contributed by atoms with Gasteiger partial charge in [-0.25, -0.2) is 0 Å². The van der Waals surface area contributed by atoms with Crippen molar-refractivity contribution in [3.63, 3.8) is 0 Å². The predicted molar refractivity (Wildman–Crippen MR) is 47.8 cm³/mol. The van der Waals surface area contributed by atoms with Gasteiger partial charge < -0.3 is 15.3 Å². The van der Waals surface area contributed by atoms with Crippen molar-refractivity contribution in [2.24, 2.45) is 0 Å². The first-order chi connectivity index (χ1) is 6.10. The monoisotopic (exact) mass is 185 g/mol. The number of hydrogen-bond acceptors (Lipinski definition) is 4. The third-order valence-corrected chi connectivity index (χ3v) is 1.51. The second-order valence-corrected chi connectivity index (χ2v) is 2.87. The van der Waals surface area contributed by atoms with Gasteiger partial charge in [0.25, 0.3) is 0 Å². The first kappa shape index (κ1) is 11.9. The van der Waals surface area contributed by atoms with Crippen LogP contribution in [0.25, 0.3) is 0 Å². The van der Waals surface area contributed by atoms with Crippen molar-refractivity contribution in [1.29, 1.82) is 5.26 Å². The van der Waals surface area contributed by atoms with E-state index in [1.807, 2.05) is 6.07 Å². The Hall–Kier alpha value is -1.12. The number of likely N-dealkylation sites (N-methyl/N-ethyl adjacent to an activating group) is 1. The van der Waals surface area contributed by atoms with Crippen LogP contribution in [0.15, 0.2) is 0 Å². The molecule has 0 aromatic rings. The molecular weight excluding hydrogens is 170 g/mol. The second-order valence-electron chi connectivity index (χ2n) is 2.87. The molecule has 0 aliphatic heterocycles. The van der Waals surface area contributed by atoms with Crippen LogP contribution in [0.3, 0.4) is 0 Å². The van der Waals surface area contributed by atoms with E-state index in [9.17, 15) is 4.79 Å². The number of aliphatic hydroxyl groups excluding tert-OH is 1. The molecule has 0 spiro atoms. The van der Waals surface area contributed by atoms with Gasteiger partial charge in [0.15, 0.2) is 0 Å². The third kappa shape index (κ3) is 6.08. The molecule has 5 heteroatoms. The van der Waals surface area contributed by atoms with E-state index in [-0.39, 0.29) is 12.5 Å². The first-order valence-corrected chi connectivity index (χ1v) is 4.06. The summed E-state index contributed by atoms with van der Waals surface area (Å²) in [6.07, 6.45) is 0. The molecule has 2 N–H and O–H groups in total. The van der Waals surface area contributed by atoms with Crippen molar-refractivity contribution in [3.8, 4) is 6.07 Å². The number of aliphatic hydroxyl groups is 1. The highest BCUT2D eigenvalue weighted by Gasteiger charge is 2.10. The average molecular weight is 185 g/mol. The summed E-state index contributed by atoms with van der Waals surface area (Å²) in [5.41, 5.74) is 0. The zero-order valence-electron chi connectivity index (χ0n) is 7.95. The predicted octanol–water partition coefficient (Wildman–Crippen LogP) is -1.06. The fourth-order valence-electron chi connectivity index (χ4n) is 0.938. The van der Waals surface area contributed by atoms with E-state index in [2.05, 4.69) is 5.32 Å². The third-order valence-electron chi connectivity index (χ3n) is 1.51. The molecule has 74 valence electrons. The van der Waals surface area contributed by atoms with E-state index in [1.165, 1.54) is 6.92 Å². The average Bonchev–Trinajstić information content (AvgIpc) is 2.02. The molecule has 0 aromatic heterocycles. The highest BCUT2D eigenvalue weighted by atomic mass is 16.3. The zero-order chi connectivity index (χ0) is 10.3. The van der Waals surface area contributed by atoms with Crippen LogP contribution in [0.5, 0.6) is 0 Å². The Kier molecular flexibility index (Phi) is 5.85. The molecule has 13 heavy (non-hydrogen) atoms. The van der Waals surface area contributed by atoms with Crippen LogP contribution >= 0.6 is 0 Å². The van der Waals surface area contributed by atoms with Crippen LogP contribution in [0.4, 0.5) is 0 Å². The van der Waals surface area contributed by atoms with E-state index in [4.69, 9.17) is 10.4 Å². The minimum absolute atomic E-state index is 0.0503. The summed E-state index contributed by atoms with van der Waals surface area (Å²) in [4.78, 5) is 12.4. The molecule has 0 bridgehead atoms. The first-order valence-electron chi connectivity index (χ1n) is 4.06. The van der Waals surface area contributed by atoms with Crippen LogP contribution < -0.4 is 5.32 Å². The van der Waals surface area contributed by atoms with Gasteiger partial charge in [-0.05, 0) is 7.05 Å². The Bertz CT molecular complexity index is 200. The maximum atomic E-state index is 10.6. The standard InChI is InChI=1S/C8H15N3O2/c1-7(13)10-8(5-9)6-11(2)3-4-12/h8,12H,3-4,6H2,1-2H3,(H,10,13)/t8-/m0/s1. The minimum atomic E-state index is -0.506. The lowest BCUT2D eigenvalue weighted by molar-refractivity contribution is -0.119. The highest BCUT2D eigenvalue weighted by Crippen LogP contribution is 1.87. The lowest BCUT2D eigenvalue weighted by Gasteiger charge is -2.18. The Morgan fingerprint density at radius 2 is 2.38 bits per heavy atom. The lowest BCUT2D eigenvalue weighted by Crippen LogP contribution is -2.41. The van der Waals surface area contributed by atoms with Gasteiger partial charge in [-0.1, -0.05) is 0 Å². The van der Waals surface area contributed by atoms with Crippen LogP contribution in [0.2, 0.25) is 0 Å². The smallest absolute Gasteiger partial charge is 0.217 e. The van der Waals surface area contributed by atoms with Gasteiger partial charge in [0.05, 0.1) is 12.7 Å². The van der Waals surface area contributed by atoms with Crippen molar-refractivity contribution in [1.82, 2.24) is 10.2 Å². The normalized spacial score (nSPS) is 12.2. The number of nitrogens with one attached hydrogen (secondary N) is 1. The Morgan fingerprint density at radius 1 is 1.77 bits per heavy atom. The van der Waals surface area contributed by atoms with Crippen LogP contribution in [0, 0.1) is 11.3 Å².